The van der Waals surface area contributed by atoms with E-state index in [0.29, 0.717) is 5.75 Å². The molecule has 2 aromatic heterocycles. The summed E-state index contributed by atoms with van der Waals surface area (Å²) in [5, 5.41) is 13.7. The van der Waals surface area contributed by atoms with Gasteiger partial charge in [-0.3, -0.25) is 0 Å². The Hall–Kier alpha value is -2.76. The minimum atomic E-state index is -1.06. The minimum absolute atomic E-state index is 0.0495. The van der Waals surface area contributed by atoms with Gasteiger partial charge in [-0.15, -0.1) is 0 Å². The number of nitrogens with zero attached hydrogens (tertiary/aromatic N) is 2. The monoisotopic (exact) mass is 286 g/mol. The first-order valence-electron chi connectivity index (χ1n) is 6.36. The van der Waals surface area contributed by atoms with Crippen LogP contribution >= 0.6 is 0 Å². The smallest absolute Gasteiger partial charge is 0.341 e. The maximum absolute atomic E-state index is 11.3. The van der Waals surface area contributed by atoms with Crippen molar-refractivity contribution in [3.63, 3.8) is 0 Å². The third kappa shape index (κ3) is 1.87. The third-order valence-corrected chi connectivity index (χ3v) is 3.73. The standard InChI is InChI=1S/C15H14N2O4/c1-8-13(14-11(15(18)19)7-16-21-14)10-6-9(20-3)4-5-12(10)17(8)2/h4-7H,1-3H3,(H,18,19). The highest BCUT2D eigenvalue weighted by Crippen LogP contribution is 2.37. The first kappa shape index (κ1) is 13.2. The molecule has 6 nitrogen and oxygen atoms in total. The summed E-state index contributed by atoms with van der Waals surface area (Å²) in [4.78, 5) is 11.3. The molecule has 0 radical (unpaired) electrons. The number of aromatic nitrogens is 2. The van der Waals surface area contributed by atoms with E-state index in [2.05, 4.69) is 5.16 Å². The molecule has 0 aliphatic heterocycles. The van der Waals surface area contributed by atoms with Crippen LogP contribution in [0.1, 0.15) is 16.1 Å². The number of carbonyl (C=O) groups is 1. The molecule has 0 bridgehead atoms. The Labute approximate surface area is 120 Å². The van der Waals surface area contributed by atoms with Crippen LogP contribution in [0.15, 0.2) is 28.9 Å². The molecular weight excluding hydrogens is 272 g/mol. The molecule has 2 heterocycles. The Bertz CT molecular complexity index is 845. The summed E-state index contributed by atoms with van der Waals surface area (Å²) in [5.41, 5.74) is 2.64. The van der Waals surface area contributed by atoms with Crippen molar-refractivity contribution in [2.45, 2.75) is 6.92 Å². The second kappa shape index (κ2) is 4.66. The number of rotatable bonds is 3. The number of carboxylic acids is 1. The fraction of sp³-hybridized carbons (Fsp3) is 0.200. The Kier molecular flexibility index (Phi) is 2.94. The predicted molar refractivity (Wildman–Crippen MR) is 76.7 cm³/mol. The van der Waals surface area contributed by atoms with E-state index in [1.807, 2.05) is 36.7 Å². The highest BCUT2D eigenvalue weighted by atomic mass is 16.5. The van der Waals surface area contributed by atoms with E-state index in [9.17, 15) is 9.90 Å². The summed E-state index contributed by atoms with van der Waals surface area (Å²) in [5.74, 6) is -0.102. The van der Waals surface area contributed by atoms with Gasteiger partial charge in [-0.05, 0) is 25.1 Å². The number of fused-ring (bicyclic) bond motifs is 1. The molecule has 1 aromatic carbocycles. The molecule has 0 saturated carbocycles. The quantitative estimate of drug-likeness (QED) is 0.801. The molecule has 3 aromatic rings. The largest absolute Gasteiger partial charge is 0.497 e. The lowest BCUT2D eigenvalue weighted by atomic mass is 10.1. The van der Waals surface area contributed by atoms with Crippen molar-refractivity contribution in [3.05, 3.63) is 35.7 Å². The first-order valence-corrected chi connectivity index (χ1v) is 6.36. The summed E-state index contributed by atoms with van der Waals surface area (Å²) in [7, 11) is 3.51. The fourth-order valence-electron chi connectivity index (χ4n) is 2.54. The Morgan fingerprint density at radius 1 is 1.43 bits per heavy atom. The van der Waals surface area contributed by atoms with E-state index < -0.39 is 5.97 Å². The van der Waals surface area contributed by atoms with Gasteiger partial charge >= 0.3 is 5.97 Å². The number of methoxy groups -OCH3 is 1. The normalized spacial score (nSPS) is 11.0. The van der Waals surface area contributed by atoms with Gasteiger partial charge in [0.15, 0.2) is 5.76 Å². The van der Waals surface area contributed by atoms with Gasteiger partial charge in [0, 0.05) is 29.2 Å². The van der Waals surface area contributed by atoms with Crippen LogP contribution in [0.4, 0.5) is 0 Å². The van der Waals surface area contributed by atoms with E-state index in [4.69, 9.17) is 9.26 Å². The van der Waals surface area contributed by atoms with E-state index in [1.165, 1.54) is 6.20 Å². The summed E-state index contributed by atoms with van der Waals surface area (Å²) < 4.78 is 12.4. The van der Waals surface area contributed by atoms with Gasteiger partial charge in [0.2, 0.25) is 0 Å². The van der Waals surface area contributed by atoms with Crippen LogP contribution in [0.2, 0.25) is 0 Å². The molecule has 0 fully saturated rings. The molecule has 0 spiro atoms. The molecule has 0 aliphatic carbocycles. The predicted octanol–water partition coefficient (Wildman–Crippen LogP) is 2.85. The van der Waals surface area contributed by atoms with Gasteiger partial charge in [-0.1, -0.05) is 5.16 Å². The van der Waals surface area contributed by atoms with E-state index in [1.54, 1.807) is 7.11 Å². The zero-order valence-corrected chi connectivity index (χ0v) is 11.9. The second-order valence-electron chi connectivity index (χ2n) is 4.78. The average Bonchev–Trinajstić information content (AvgIpc) is 3.03. The van der Waals surface area contributed by atoms with Crippen molar-refractivity contribution >= 4 is 16.9 Å². The van der Waals surface area contributed by atoms with Crippen LogP contribution in [0, 0.1) is 6.92 Å². The molecule has 21 heavy (non-hydrogen) atoms. The Morgan fingerprint density at radius 3 is 2.86 bits per heavy atom. The summed E-state index contributed by atoms with van der Waals surface area (Å²) in [6.07, 6.45) is 1.22. The highest BCUT2D eigenvalue weighted by Gasteiger charge is 2.23. The van der Waals surface area contributed by atoms with Crippen molar-refractivity contribution in [3.8, 4) is 17.1 Å². The number of aromatic carboxylic acids is 1. The van der Waals surface area contributed by atoms with Crippen molar-refractivity contribution < 1.29 is 19.2 Å². The molecule has 0 saturated heterocycles. The van der Waals surface area contributed by atoms with E-state index in [-0.39, 0.29) is 11.3 Å². The molecule has 0 amide bonds. The van der Waals surface area contributed by atoms with Crippen molar-refractivity contribution in [2.24, 2.45) is 7.05 Å². The van der Waals surface area contributed by atoms with Gasteiger partial charge in [0.1, 0.15) is 11.3 Å². The molecule has 6 heteroatoms. The third-order valence-electron chi connectivity index (χ3n) is 3.73. The molecule has 0 aliphatic rings. The fourth-order valence-corrected chi connectivity index (χ4v) is 2.54. The van der Waals surface area contributed by atoms with E-state index >= 15 is 0 Å². The van der Waals surface area contributed by atoms with Gasteiger partial charge in [-0.25, -0.2) is 4.79 Å². The first-order chi connectivity index (χ1) is 10.0. The molecule has 0 unspecified atom stereocenters. The lowest BCUT2D eigenvalue weighted by Crippen LogP contribution is -1.97. The van der Waals surface area contributed by atoms with Crippen LogP contribution in [0.3, 0.4) is 0 Å². The lowest BCUT2D eigenvalue weighted by molar-refractivity contribution is 0.0697. The topological polar surface area (TPSA) is 77.5 Å². The van der Waals surface area contributed by atoms with Gasteiger partial charge in [0.05, 0.1) is 13.3 Å². The van der Waals surface area contributed by atoms with Crippen molar-refractivity contribution in [1.29, 1.82) is 0 Å². The lowest BCUT2D eigenvalue weighted by Gasteiger charge is -2.01. The summed E-state index contributed by atoms with van der Waals surface area (Å²) in [6, 6.07) is 5.66. The summed E-state index contributed by atoms with van der Waals surface area (Å²) in [6.45, 7) is 1.91. The Balaban J connectivity index is 2.38. The second-order valence-corrected chi connectivity index (χ2v) is 4.78. The van der Waals surface area contributed by atoms with Gasteiger partial charge in [0.25, 0.3) is 0 Å². The molecule has 108 valence electrons. The van der Waals surface area contributed by atoms with Crippen LogP contribution < -0.4 is 4.74 Å². The van der Waals surface area contributed by atoms with Crippen LogP contribution in [0.25, 0.3) is 22.2 Å². The van der Waals surface area contributed by atoms with Crippen LogP contribution in [-0.4, -0.2) is 27.9 Å². The number of aryl methyl sites for hydroxylation is 1. The van der Waals surface area contributed by atoms with Gasteiger partial charge < -0.3 is 18.9 Å². The maximum atomic E-state index is 11.3. The number of carboxylic acid groups (broad SMARTS) is 1. The number of benzene rings is 1. The maximum Gasteiger partial charge on any atom is 0.341 e. The molecule has 1 N–H and O–H groups in total. The van der Waals surface area contributed by atoms with Crippen molar-refractivity contribution in [2.75, 3.05) is 7.11 Å². The van der Waals surface area contributed by atoms with Crippen LogP contribution in [-0.2, 0) is 7.05 Å². The number of hydrogen-bond acceptors (Lipinski definition) is 4. The number of hydrogen-bond donors (Lipinski definition) is 1. The molecular formula is C15H14N2O4. The Morgan fingerprint density at radius 2 is 2.19 bits per heavy atom. The zero-order valence-electron chi connectivity index (χ0n) is 11.9. The summed E-state index contributed by atoms with van der Waals surface area (Å²) >= 11 is 0. The molecule has 3 rings (SSSR count). The SMILES string of the molecule is COc1ccc2c(c1)c(-c1oncc1C(=O)O)c(C)n2C. The number of ether oxygens (including phenoxy) is 1. The van der Waals surface area contributed by atoms with Gasteiger partial charge in [-0.2, -0.15) is 0 Å². The highest BCUT2D eigenvalue weighted by molar-refractivity contribution is 6.03. The van der Waals surface area contributed by atoms with Crippen molar-refractivity contribution in [1.82, 2.24) is 9.72 Å². The van der Waals surface area contributed by atoms with Crippen LogP contribution in [0.5, 0.6) is 5.75 Å². The average molecular weight is 286 g/mol. The zero-order chi connectivity index (χ0) is 15.1. The minimum Gasteiger partial charge on any atom is -0.497 e. The molecule has 0 atom stereocenters. The van der Waals surface area contributed by atoms with E-state index in [0.717, 1.165) is 22.2 Å².